The third-order valence-corrected chi connectivity index (χ3v) is 3.05. The van der Waals surface area contributed by atoms with E-state index in [1.54, 1.807) is 11.8 Å². The predicted molar refractivity (Wildman–Crippen MR) is 83.2 cm³/mol. The summed E-state index contributed by atoms with van der Waals surface area (Å²) in [5.41, 5.74) is 2.65. The summed E-state index contributed by atoms with van der Waals surface area (Å²) in [5, 5.41) is 2.16. The van der Waals surface area contributed by atoms with Gasteiger partial charge in [0.15, 0.2) is 0 Å². The van der Waals surface area contributed by atoms with Crippen molar-refractivity contribution in [2.24, 2.45) is 0 Å². The van der Waals surface area contributed by atoms with Crippen LogP contribution in [0.25, 0.3) is 4.91 Å². The summed E-state index contributed by atoms with van der Waals surface area (Å²) in [7, 11) is 0. The van der Waals surface area contributed by atoms with Gasteiger partial charge in [0.05, 0.1) is 0 Å². The molecule has 1 aromatic carbocycles. The molecule has 0 aromatic heterocycles. The molecule has 0 N–H and O–H groups in total. The molecule has 0 saturated heterocycles. The summed E-state index contributed by atoms with van der Waals surface area (Å²) in [6.07, 6.45) is 5.52. The molecular formula is C16H24S. The maximum atomic E-state index is 2.27. The van der Waals surface area contributed by atoms with Crippen molar-refractivity contribution in [2.75, 3.05) is 0 Å². The van der Waals surface area contributed by atoms with E-state index in [2.05, 4.69) is 48.7 Å². The van der Waals surface area contributed by atoms with E-state index in [9.17, 15) is 0 Å². The third kappa shape index (κ3) is 5.78. The van der Waals surface area contributed by atoms with Gasteiger partial charge in [0, 0.05) is 4.91 Å². The number of aryl methyl sites for hydroxylation is 1. The van der Waals surface area contributed by atoms with Crippen LogP contribution < -0.4 is 0 Å². The van der Waals surface area contributed by atoms with Crippen molar-refractivity contribution < 1.29 is 0 Å². The van der Waals surface area contributed by atoms with E-state index in [0.29, 0.717) is 0 Å². The zero-order chi connectivity index (χ0) is 13.1. The zero-order valence-corrected chi connectivity index (χ0v) is 12.5. The van der Waals surface area contributed by atoms with Crippen LogP contribution in [-0.4, -0.2) is 0 Å². The van der Waals surface area contributed by atoms with Crippen molar-refractivity contribution in [1.82, 2.24) is 0 Å². The standard InChI is InChI=1S/C12H12S.2C2H6/c1-10-5-7-11(8-6-10)12-4-2-3-9-13-12;2*1-2/h3-9H,2H2,1H3;2*1-2H3. The second-order valence-corrected chi connectivity index (χ2v) is 4.11. The molecule has 1 aliphatic rings. The maximum absolute atomic E-state index is 2.27. The zero-order valence-electron chi connectivity index (χ0n) is 11.7. The van der Waals surface area contributed by atoms with Gasteiger partial charge in [-0.25, -0.2) is 0 Å². The van der Waals surface area contributed by atoms with Crippen LogP contribution >= 0.6 is 11.8 Å². The normalized spacial score (nSPS) is 12.6. The van der Waals surface area contributed by atoms with E-state index in [-0.39, 0.29) is 0 Å². The average Bonchev–Trinajstić information content (AvgIpc) is 2.45. The van der Waals surface area contributed by atoms with E-state index >= 15 is 0 Å². The summed E-state index contributed by atoms with van der Waals surface area (Å²) in [4.78, 5) is 1.38. The molecule has 0 spiro atoms. The molecule has 0 saturated carbocycles. The van der Waals surface area contributed by atoms with Crippen LogP contribution in [0.3, 0.4) is 0 Å². The summed E-state index contributed by atoms with van der Waals surface area (Å²) in [6.45, 7) is 10.1. The van der Waals surface area contributed by atoms with Gasteiger partial charge in [-0.05, 0) is 24.3 Å². The lowest BCUT2D eigenvalue weighted by molar-refractivity contribution is 1.40. The second-order valence-electron chi connectivity index (χ2n) is 3.16. The number of hydrogen-bond donors (Lipinski definition) is 0. The highest BCUT2D eigenvalue weighted by Crippen LogP contribution is 2.31. The monoisotopic (exact) mass is 248 g/mol. The van der Waals surface area contributed by atoms with Gasteiger partial charge in [-0.3, -0.25) is 0 Å². The third-order valence-electron chi connectivity index (χ3n) is 2.07. The quantitative estimate of drug-likeness (QED) is 0.584. The fourth-order valence-corrected chi connectivity index (χ4v) is 2.12. The smallest absolute Gasteiger partial charge is 0.0151 e. The van der Waals surface area contributed by atoms with Crippen molar-refractivity contribution >= 4 is 16.7 Å². The Morgan fingerprint density at radius 1 is 0.941 bits per heavy atom. The van der Waals surface area contributed by atoms with Crippen molar-refractivity contribution in [2.45, 2.75) is 41.0 Å². The maximum Gasteiger partial charge on any atom is 0.0151 e. The number of rotatable bonds is 1. The van der Waals surface area contributed by atoms with Crippen molar-refractivity contribution in [3.8, 4) is 0 Å². The van der Waals surface area contributed by atoms with Crippen LogP contribution in [0, 0.1) is 6.92 Å². The largest absolute Gasteiger partial charge is 0.0981 e. The molecule has 1 aromatic rings. The minimum absolute atomic E-state index is 1.07. The van der Waals surface area contributed by atoms with Crippen molar-refractivity contribution in [3.05, 3.63) is 53.0 Å². The first-order chi connectivity index (χ1) is 8.36. The molecule has 1 heteroatoms. The molecule has 0 fully saturated rings. The van der Waals surface area contributed by atoms with Gasteiger partial charge in [0.1, 0.15) is 0 Å². The summed E-state index contributed by atoms with van der Waals surface area (Å²) >= 11 is 1.80. The molecule has 0 unspecified atom stereocenters. The molecule has 2 rings (SSSR count). The lowest BCUT2D eigenvalue weighted by Gasteiger charge is -2.07. The number of benzene rings is 1. The first-order valence-electron chi connectivity index (χ1n) is 6.45. The Morgan fingerprint density at radius 3 is 2.00 bits per heavy atom. The van der Waals surface area contributed by atoms with Crippen LogP contribution in [0.1, 0.15) is 45.2 Å². The molecule has 94 valence electrons. The van der Waals surface area contributed by atoms with E-state index in [1.807, 2.05) is 27.7 Å². The average molecular weight is 248 g/mol. The van der Waals surface area contributed by atoms with Crippen LogP contribution in [0.15, 0.2) is 41.8 Å². The Bertz CT molecular complexity index is 344. The molecule has 0 atom stereocenters. The first kappa shape index (κ1) is 16.1. The Balaban J connectivity index is 0.000000581. The van der Waals surface area contributed by atoms with Crippen LogP contribution in [-0.2, 0) is 0 Å². The van der Waals surface area contributed by atoms with E-state index in [4.69, 9.17) is 0 Å². The highest BCUT2D eigenvalue weighted by atomic mass is 32.2. The lowest BCUT2D eigenvalue weighted by atomic mass is 10.1. The van der Waals surface area contributed by atoms with Gasteiger partial charge in [-0.15, -0.1) is 0 Å². The van der Waals surface area contributed by atoms with Crippen LogP contribution in [0.5, 0.6) is 0 Å². The van der Waals surface area contributed by atoms with Crippen LogP contribution in [0.4, 0.5) is 0 Å². The molecule has 0 aliphatic carbocycles. The number of thioether (sulfide) groups is 1. The molecule has 1 heterocycles. The van der Waals surface area contributed by atoms with E-state index < -0.39 is 0 Å². The van der Waals surface area contributed by atoms with E-state index in [1.165, 1.54) is 16.0 Å². The molecule has 0 nitrogen and oxygen atoms in total. The molecule has 0 bridgehead atoms. The molecule has 1 aliphatic heterocycles. The Kier molecular flexibility index (Phi) is 9.65. The molecular weight excluding hydrogens is 224 g/mol. The minimum Gasteiger partial charge on any atom is -0.0981 e. The Hall–Kier alpha value is -0.950. The molecule has 17 heavy (non-hydrogen) atoms. The number of allylic oxidation sites excluding steroid dienone is 2. The highest BCUT2D eigenvalue weighted by molar-refractivity contribution is 8.11. The second kappa shape index (κ2) is 10.2. The fourth-order valence-electron chi connectivity index (χ4n) is 1.30. The lowest BCUT2D eigenvalue weighted by Crippen LogP contribution is -1.82. The Morgan fingerprint density at radius 2 is 1.53 bits per heavy atom. The van der Waals surface area contributed by atoms with Gasteiger partial charge >= 0.3 is 0 Å². The van der Waals surface area contributed by atoms with Gasteiger partial charge < -0.3 is 0 Å². The topological polar surface area (TPSA) is 0 Å². The van der Waals surface area contributed by atoms with Crippen molar-refractivity contribution in [3.63, 3.8) is 0 Å². The van der Waals surface area contributed by atoms with Crippen molar-refractivity contribution in [1.29, 1.82) is 0 Å². The summed E-state index contributed by atoms with van der Waals surface area (Å²) in [5.74, 6) is 0. The van der Waals surface area contributed by atoms with Crippen LogP contribution in [0.2, 0.25) is 0 Å². The first-order valence-corrected chi connectivity index (χ1v) is 7.33. The van der Waals surface area contributed by atoms with Gasteiger partial charge in [-0.1, -0.05) is 81.4 Å². The summed E-state index contributed by atoms with van der Waals surface area (Å²) < 4.78 is 0. The molecule has 0 amide bonds. The number of hydrogen-bond acceptors (Lipinski definition) is 1. The fraction of sp³-hybridized carbons (Fsp3) is 0.375. The predicted octanol–water partition coefficient (Wildman–Crippen LogP) is 6.04. The van der Waals surface area contributed by atoms with Gasteiger partial charge in [0.25, 0.3) is 0 Å². The SMILES string of the molecule is CC.CC.Cc1ccc(C2=CCC=CS2)cc1. The van der Waals surface area contributed by atoms with E-state index in [0.717, 1.165) is 6.42 Å². The summed E-state index contributed by atoms with van der Waals surface area (Å²) in [6, 6.07) is 8.70. The Labute approximate surface area is 111 Å². The van der Waals surface area contributed by atoms with Gasteiger partial charge in [0.2, 0.25) is 0 Å². The van der Waals surface area contributed by atoms with Gasteiger partial charge in [-0.2, -0.15) is 0 Å². The minimum atomic E-state index is 1.07. The molecule has 0 radical (unpaired) electrons. The highest BCUT2D eigenvalue weighted by Gasteiger charge is 2.01.